The lowest BCUT2D eigenvalue weighted by atomic mass is 10.2. The topological polar surface area (TPSA) is 97.3 Å². The van der Waals surface area contributed by atoms with E-state index in [1.807, 2.05) is 42.5 Å². The van der Waals surface area contributed by atoms with Crippen LogP contribution in [-0.4, -0.2) is 39.9 Å². The number of carbonyl (C=O) groups is 1. The van der Waals surface area contributed by atoms with Crippen molar-refractivity contribution in [2.75, 3.05) is 17.7 Å². The van der Waals surface area contributed by atoms with Gasteiger partial charge < -0.3 is 9.47 Å². The van der Waals surface area contributed by atoms with E-state index < -0.39 is 22.0 Å². The molecule has 9 heteroatoms. The fourth-order valence-electron chi connectivity index (χ4n) is 3.19. The summed E-state index contributed by atoms with van der Waals surface area (Å²) in [5.41, 5.74) is 4.57. The minimum Gasteiger partial charge on any atom is -0.497 e. The Hall–Kier alpha value is -3.85. The van der Waals surface area contributed by atoms with Crippen LogP contribution in [0.25, 0.3) is 0 Å². The van der Waals surface area contributed by atoms with Gasteiger partial charge in [-0.25, -0.2) is 13.8 Å². The van der Waals surface area contributed by atoms with Crippen molar-refractivity contribution >= 4 is 27.8 Å². The number of rotatable bonds is 10. The molecule has 3 aromatic carbocycles. The molecule has 34 heavy (non-hydrogen) atoms. The Morgan fingerprint density at radius 1 is 1.00 bits per heavy atom. The minimum atomic E-state index is -3.72. The average molecular weight is 482 g/mol. The Morgan fingerprint density at radius 2 is 1.62 bits per heavy atom. The maximum absolute atomic E-state index is 12.6. The van der Waals surface area contributed by atoms with Crippen molar-refractivity contribution in [3.8, 4) is 11.5 Å². The number of benzene rings is 3. The van der Waals surface area contributed by atoms with Crippen LogP contribution in [0.1, 0.15) is 18.1 Å². The summed E-state index contributed by atoms with van der Waals surface area (Å²) in [7, 11) is -2.21. The molecule has 0 spiro atoms. The van der Waals surface area contributed by atoms with Gasteiger partial charge in [-0.2, -0.15) is 5.10 Å². The van der Waals surface area contributed by atoms with Crippen molar-refractivity contribution in [2.45, 2.75) is 19.6 Å². The van der Waals surface area contributed by atoms with E-state index in [-0.39, 0.29) is 0 Å². The number of ether oxygens (including phenoxy) is 2. The van der Waals surface area contributed by atoms with E-state index in [0.717, 1.165) is 21.7 Å². The van der Waals surface area contributed by atoms with Gasteiger partial charge in [0.25, 0.3) is 5.91 Å². The van der Waals surface area contributed by atoms with Gasteiger partial charge in [0.15, 0.2) is 0 Å². The van der Waals surface area contributed by atoms with Gasteiger partial charge in [0, 0.05) is 0 Å². The molecule has 1 atom stereocenters. The Labute approximate surface area is 199 Å². The van der Waals surface area contributed by atoms with Crippen LogP contribution >= 0.6 is 0 Å². The molecule has 8 nitrogen and oxygen atoms in total. The SMILES string of the molecule is COc1ccc(N([C@@H](C)C(=O)N/N=C\c2ccc(OCc3ccccc3)cc2)S(C)(=O)=O)cc1. The molecule has 0 aromatic heterocycles. The molecule has 178 valence electrons. The van der Waals surface area contributed by atoms with Gasteiger partial charge in [-0.3, -0.25) is 9.10 Å². The van der Waals surface area contributed by atoms with Crippen molar-refractivity contribution in [3.63, 3.8) is 0 Å². The van der Waals surface area contributed by atoms with Gasteiger partial charge in [-0.05, 0) is 66.6 Å². The Bertz CT molecular complexity index is 1210. The van der Waals surface area contributed by atoms with Crippen molar-refractivity contribution < 1.29 is 22.7 Å². The van der Waals surface area contributed by atoms with E-state index in [4.69, 9.17) is 9.47 Å². The molecule has 1 N–H and O–H groups in total. The Morgan fingerprint density at radius 3 is 2.21 bits per heavy atom. The smallest absolute Gasteiger partial charge is 0.263 e. The van der Waals surface area contributed by atoms with Crippen molar-refractivity contribution in [1.29, 1.82) is 0 Å². The van der Waals surface area contributed by atoms with Crippen LogP contribution in [0.5, 0.6) is 11.5 Å². The summed E-state index contributed by atoms with van der Waals surface area (Å²) in [6.07, 6.45) is 2.52. The third kappa shape index (κ3) is 6.82. The summed E-state index contributed by atoms with van der Waals surface area (Å²) < 4.78 is 36.6. The van der Waals surface area contributed by atoms with E-state index in [9.17, 15) is 13.2 Å². The molecule has 1 amide bonds. The van der Waals surface area contributed by atoms with Crippen LogP contribution in [0.4, 0.5) is 5.69 Å². The largest absolute Gasteiger partial charge is 0.497 e. The van der Waals surface area contributed by atoms with Crippen LogP contribution in [0.2, 0.25) is 0 Å². The number of nitrogens with one attached hydrogen (secondary N) is 1. The highest BCUT2D eigenvalue weighted by atomic mass is 32.2. The number of nitrogens with zero attached hydrogens (tertiary/aromatic N) is 2. The Balaban J connectivity index is 1.59. The number of hydrogen-bond donors (Lipinski definition) is 1. The van der Waals surface area contributed by atoms with Gasteiger partial charge >= 0.3 is 0 Å². The molecule has 0 saturated carbocycles. The highest BCUT2D eigenvalue weighted by Crippen LogP contribution is 2.23. The number of hydrogen-bond acceptors (Lipinski definition) is 6. The molecule has 3 aromatic rings. The van der Waals surface area contributed by atoms with Gasteiger partial charge in [-0.1, -0.05) is 30.3 Å². The molecule has 0 heterocycles. The van der Waals surface area contributed by atoms with Gasteiger partial charge in [0.2, 0.25) is 10.0 Å². The molecule has 0 fully saturated rings. The highest BCUT2D eigenvalue weighted by molar-refractivity contribution is 7.92. The second-order valence-corrected chi connectivity index (χ2v) is 9.37. The predicted octanol–water partition coefficient (Wildman–Crippen LogP) is 3.58. The van der Waals surface area contributed by atoms with E-state index in [1.54, 1.807) is 36.4 Å². The molecule has 0 bridgehead atoms. The summed E-state index contributed by atoms with van der Waals surface area (Å²) in [5.74, 6) is 0.720. The maximum Gasteiger partial charge on any atom is 0.263 e. The molecule has 0 radical (unpaired) electrons. The first-order valence-corrected chi connectivity index (χ1v) is 12.4. The zero-order valence-electron chi connectivity index (χ0n) is 19.2. The van der Waals surface area contributed by atoms with Crippen molar-refractivity contribution in [3.05, 3.63) is 90.0 Å². The van der Waals surface area contributed by atoms with Crippen LogP contribution in [0, 0.1) is 0 Å². The molecule has 0 unspecified atom stereocenters. The van der Waals surface area contributed by atoms with Crippen molar-refractivity contribution in [2.24, 2.45) is 5.10 Å². The first-order valence-electron chi connectivity index (χ1n) is 10.5. The molecule has 0 aliphatic carbocycles. The second kappa shape index (κ2) is 11.3. The molecule has 3 rings (SSSR count). The third-order valence-corrected chi connectivity index (χ3v) is 6.17. The number of carbonyl (C=O) groups excluding carboxylic acids is 1. The Kier molecular flexibility index (Phi) is 8.26. The normalized spacial score (nSPS) is 12.2. The standard InChI is InChI=1S/C25H27N3O5S/c1-19(28(34(3,30)31)22-11-15-23(32-2)16-12-22)25(29)27-26-17-20-9-13-24(14-10-20)33-18-21-7-5-4-6-8-21/h4-17,19H,18H2,1-3H3,(H,27,29)/b26-17-/t19-/m0/s1. The maximum atomic E-state index is 12.6. The molecule has 0 aliphatic rings. The number of amides is 1. The van der Waals surface area contributed by atoms with Crippen molar-refractivity contribution in [1.82, 2.24) is 5.43 Å². The highest BCUT2D eigenvalue weighted by Gasteiger charge is 2.29. The van der Waals surface area contributed by atoms with Crippen LogP contribution in [-0.2, 0) is 21.4 Å². The summed E-state index contributed by atoms with van der Waals surface area (Å²) in [5, 5.41) is 3.96. The van der Waals surface area contributed by atoms with Gasteiger partial charge in [0.1, 0.15) is 24.1 Å². The molecule has 0 saturated heterocycles. The fourth-order valence-corrected chi connectivity index (χ4v) is 4.37. The zero-order valence-corrected chi connectivity index (χ0v) is 20.0. The molecular formula is C25H27N3O5S. The fraction of sp³-hybridized carbons (Fsp3) is 0.200. The van der Waals surface area contributed by atoms with Gasteiger partial charge in [-0.15, -0.1) is 0 Å². The third-order valence-electron chi connectivity index (χ3n) is 4.93. The van der Waals surface area contributed by atoms with Crippen LogP contribution in [0.15, 0.2) is 84.0 Å². The lowest BCUT2D eigenvalue weighted by Gasteiger charge is -2.27. The summed E-state index contributed by atoms with van der Waals surface area (Å²) in [4.78, 5) is 12.6. The predicted molar refractivity (Wildman–Crippen MR) is 133 cm³/mol. The van der Waals surface area contributed by atoms with E-state index in [1.165, 1.54) is 20.2 Å². The van der Waals surface area contributed by atoms with Gasteiger partial charge in [0.05, 0.1) is 25.3 Å². The van der Waals surface area contributed by atoms with Crippen LogP contribution < -0.4 is 19.2 Å². The number of sulfonamides is 1. The first kappa shape index (κ1) is 24.8. The quantitative estimate of drug-likeness (QED) is 0.353. The summed E-state index contributed by atoms with van der Waals surface area (Å²) in [6, 6.07) is 22.5. The lowest BCUT2D eigenvalue weighted by Crippen LogP contribution is -2.46. The summed E-state index contributed by atoms with van der Waals surface area (Å²) >= 11 is 0. The number of hydrazone groups is 1. The second-order valence-electron chi connectivity index (χ2n) is 7.51. The van der Waals surface area contributed by atoms with E-state index >= 15 is 0 Å². The number of methoxy groups -OCH3 is 1. The first-order chi connectivity index (χ1) is 16.3. The minimum absolute atomic E-state index is 0.348. The van der Waals surface area contributed by atoms with E-state index in [0.29, 0.717) is 23.8 Å². The lowest BCUT2D eigenvalue weighted by molar-refractivity contribution is -0.121. The molecule has 0 aliphatic heterocycles. The molecular weight excluding hydrogens is 454 g/mol. The number of anilines is 1. The van der Waals surface area contributed by atoms with Crippen LogP contribution in [0.3, 0.4) is 0 Å². The monoisotopic (exact) mass is 481 g/mol. The average Bonchev–Trinajstić information content (AvgIpc) is 2.83. The summed E-state index contributed by atoms with van der Waals surface area (Å²) in [6.45, 7) is 1.96. The van der Waals surface area contributed by atoms with E-state index in [2.05, 4.69) is 10.5 Å². The zero-order chi connectivity index (χ0) is 24.6.